The van der Waals surface area contributed by atoms with Crippen molar-refractivity contribution in [1.82, 2.24) is 5.32 Å². The average molecular weight is 230 g/mol. The molecule has 0 bridgehead atoms. The zero-order chi connectivity index (χ0) is 10.1. The van der Waals surface area contributed by atoms with Gasteiger partial charge in [0.05, 0.1) is 0 Å². The molecule has 1 nitrogen and oxygen atoms in total. The van der Waals surface area contributed by atoms with Crippen molar-refractivity contribution >= 4 is 23.2 Å². The maximum atomic E-state index is 6.25. The number of nitrogens with one attached hydrogen (secondary N) is 1. The van der Waals surface area contributed by atoms with Gasteiger partial charge in [-0.15, -0.1) is 0 Å². The van der Waals surface area contributed by atoms with Gasteiger partial charge in [0.2, 0.25) is 0 Å². The van der Waals surface area contributed by atoms with E-state index in [0.717, 1.165) is 22.2 Å². The molecule has 0 spiro atoms. The molecule has 1 fully saturated rings. The van der Waals surface area contributed by atoms with Gasteiger partial charge in [-0.2, -0.15) is 0 Å². The molecule has 76 valence electrons. The Balaban J connectivity index is 2.38. The first-order valence-corrected chi connectivity index (χ1v) is 5.63. The molecule has 0 radical (unpaired) electrons. The predicted octanol–water partition coefficient (Wildman–Crippen LogP) is 3.73. The first-order chi connectivity index (χ1) is 6.70. The monoisotopic (exact) mass is 229 g/mol. The Morgan fingerprint density at radius 1 is 1.36 bits per heavy atom. The Bertz CT molecular complexity index is 343. The van der Waals surface area contributed by atoms with E-state index in [2.05, 4.69) is 5.32 Å². The zero-order valence-electron chi connectivity index (χ0n) is 8.11. The summed E-state index contributed by atoms with van der Waals surface area (Å²) in [4.78, 5) is 0. The smallest absolute Gasteiger partial charge is 0.0497 e. The molecule has 1 aliphatic rings. The number of rotatable bonds is 1. The van der Waals surface area contributed by atoms with Crippen molar-refractivity contribution in [2.24, 2.45) is 0 Å². The van der Waals surface area contributed by atoms with Crippen LogP contribution in [0.2, 0.25) is 10.0 Å². The minimum Gasteiger partial charge on any atom is -0.310 e. The second-order valence-corrected chi connectivity index (χ2v) is 4.51. The van der Waals surface area contributed by atoms with Crippen LogP contribution in [0, 0.1) is 6.92 Å². The van der Waals surface area contributed by atoms with E-state index in [-0.39, 0.29) is 0 Å². The Morgan fingerprint density at radius 3 is 2.79 bits per heavy atom. The lowest BCUT2D eigenvalue weighted by atomic mass is 10.0. The molecule has 3 heteroatoms. The van der Waals surface area contributed by atoms with Gasteiger partial charge in [-0.05, 0) is 43.5 Å². The molecule has 1 atom stereocenters. The first-order valence-electron chi connectivity index (χ1n) is 4.88. The van der Waals surface area contributed by atoms with Crippen LogP contribution in [0.1, 0.15) is 30.0 Å². The third kappa shape index (κ3) is 1.77. The highest BCUT2D eigenvalue weighted by molar-refractivity contribution is 6.36. The molecule has 0 saturated carbocycles. The minimum atomic E-state index is 0.415. The van der Waals surface area contributed by atoms with Crippen LogP contribution in [0.5, 0.6) is 0 Å². The lowest BCUT2D eigenvalue weighted by Crippen LogP contribution is -2.13. The van der Waals surface area contributed by atoms with E-state index in [1.165, 1.54) is 18.4 Å². The van der Waals surface area contributed by atoms with Crippen LogP contribution < -0.4 is 5.32 Å². The molecular formula is C11H13Cl2N. The normalized spacial score (nSPS) is 21.5. The SMILES string of the molecule is Cc1c(Cl)ccc(C2CCCN2)c1Cl. The lowest BCUT2D eigenvalue weighted by molar-refractivity contribution is 0.647. The summed E-state index contributed by atoms with van der Waals surface area (Å²) in [5, 5.41) is 5.00. The molecule has 1 aromatic carbocycles. The minimum absolute atomic E-state index is 0.415. The first kappa shape index (κ1) is 10.3. The summed E-state index contributed by atoms with van der Waals surface area (Å²) in [7, 11) is 0. The van der Waals surface area contributed by atoms with Crippen LogP contribution in [0.25, 0.3) is 0 Å². The van der Waals surface area contributed by atoms with Crippen LogP contribution in [0.4, 0.5) is 0 Å². The van der Waals surface area contributed by atoms with Gasteiger partial charge in [0, 0.05) is 16.1 Å². The van der Waals surface area contributed by atoms with Gasteiger partial charge in [0.15, 0.2) is 0 Å². The van der Waals surface area contributed by atoms with Gasteiger partial charge in [0.1, 0.15) is 0 Å². The average Bonchev–Trinajstić information content (AvgIpc) is 2.67. The van der Waals surface area contributed by atoms with Crippen molar-refractivity contribution in [2.75, 3.05) is 6.54 Å². The molecule has 1 heterocycles. The van der Waals surface area contributed by atoms with Crippen molar-refractivity contribution in [3.05, 3.63) is 33.3 Å². The molecule has 1 aromatic rings. The molecule has 1 aliphatic heterocycles. The van der Waals surface area contributed by atoms with Crippen LogP contribution in [-0.2, 0) is 0 Å². The summed E-state index contributed by atoms with van der Waals surface area (Å²) in [6.45, 7) is 3.05. The van der Waals surface area contributed by atoms with E-state index in [1.54, 1.807) is 0 Å². The Hall–Kier alpha value is -0.240. The highest BCUT2D eigenvalue weighted by atomic mass is 35.5. The molecule has 0 aromatic heterocycles. The van der Waals surface area contributed by atoms with E-state index < -0.39 is 0 Å². The standard InChI is InChI=1S/C11H13Cl2N/c1-7-9(12)5-4-8(11(7)13)10-3-2-6-14-10/h4-5,10,14H,2-3,6H2,1H3. The maximum absolute atomic E-state index is 6.25. The molecule has 1 saturated heterocycles. The summed E-state index contributed by atoms with van der Waals surface area (Å²) >= 11 is 12.2. The summed E-state index contributed by atoms with van der Waals surface area (Å²) in [5.41, 5.74) is 2.17. The van der Waals surface area contributed by atoms with E-state index in [9.17, 15) is 0 Å². The van der Waals surface area contributed by atoms with E-state index in [0.29, 0.717) is 6.04 Å². The fourth-order valence-corrected chi connectivity index (χ4v) is 2.40. The Morgan fingerprint density at radius 2 is 2.14 bits per heavy atom. The topological polar surface area (TPSA) is 12.0 Å². The van der Waals surface area contributed by atoms with E-state index in [1.807, 2.05) is 19.1 Å². The summed E-state index contributed by atoms with van der Waals surface area (Å²) in [5.74, 6) is 0. The summed E-state index contributed by atoms with van der Waals surface area (Å²) in [6, 6.07) is 4.37. The van der Waals surface area contributed by atoms with Gasteiger partial charge < -0.3 is 5.32 Å². The highest BCUT2D eigenvalue weighted by Gasteiger charge is 2.19. The number of benzene rings is 1. The molecule has 0 amide bonds. The molecule has 0 aliphatic carbocycles. The van der Waals surface area contributed by atoms with Crippen molar-refractivity contribution < 1.29 is 0 Å². The fourth-order valence-electron chi connectivity index (χ4n) is 1.90. The van der Waals surface area contributed by atoms with Gasteiger partial charge in [0.25, 0.3) is 0 Å². The van der Waals surface area contributed by atoms with E-state index >= 15 is 0 Å². The molecule has 1 unspecified atom stereocenters. The van der Waals surface area contributed by atoms with Gasteiger partial charge in [-0.1, -0.05) is 29.3 Å². The molecule has 14 heavy (non-hydrogen) atoms. The van der Waals surface area contributed by atoms with E-state index in [4.69, 9.17) is 23.2 Å². The maximum Gasteiger partial charge on any atom is 0.0497 e. The third-order valence-corrected chi connectivity index (χ3v) is 3.70. The predicted molar refractivity (Wildman–Crippen MR) is 61.2 cm³/mol. The van der Waals surface area contributed by atoms with Gasteiger partial charge >= 0.3 is 0 Å². The van der Waals surface area contributed by atoms with Crippen molar-refractivity contribution in [2.45, 2.75) is 25.8 Å². The number of halogens is 2. The molecular weight excluding hydrogens is 217 g/mol. The van der Waals surface area contributed by atoms with Crippen molar-refractivity contribution in [3.8, 4) is 0 Å². The lowest BCUT2D eigenvalue weighted by Gasteiger charge is -2.14. The molecule has 1 N–H and O–H groups in total. The van der Waals surface area contributed by atoms with Crippen molar-refractivity contribution in [1.29, 1.82) is 0 Å². The van der Waals surface area contributed by atoms with Crippen molar-refractivity contribution in [3.63, 3.8) is 0 Å². The summed E-state index contributed by atoms with van der Waals surface area (Å²) in [6.07, 6.45) is 2.39. The second kappa shape index (κ2) is 4.09. The number of hydrogen-bond acceptors (Lipinski definition) is 1. The zero-order valence-corrected chi connectivity index (χ0v) is 9.62. The largest absolute Gasteiger partial charge is 0.310 e. The molecule has 2 rings (SSSR count). The van der Waals surface area contributed by atoms with Gasteiger partial charge in [-0.25, -0.2) is 0 Å². The Labute approximate surface area is 94.4 Å². The Kier molecular flexibility index (Phi) is 3.01. The third-order valence-electron chi connectivity index (χ3n) is 2.79. The van der Waals surface area contributed by atoms with Crippen LogP contribution in [0.15, 0.2) is 12.1 Å². The quantitative estimate of drug-likeness (QED) is 0.775. The van der Waals surface area contributed by atoms with Crippen LogP contribution in [-0.4, -0.2) is 6.54 Å². The van der Waals surface area contributed by atoms with Crippen LogP contribution in [0.3, 0.4) is 0 Å². The summed E-state index contributed by atoms with van der Waals surface area (Å²) < 4.78 is 0. The highest BCUT2D eigenvalue weighted by Crippen LogP contribution is 2.34. The number of hydrogen-bond donors (Lipinski definition) is 1. The second-order valence-electron chi connectivity index (χ2n) is 3.72. The fraction of sp³-hybridized carbons (Fsp3) is 0.455. The van der Waals surface area contributed by atoms with Gasteiger partial charge in [-0.3, -0.25) is 0 Å². The van der Waals surface area contributed by atoms with Crippen LogP contribution >= 0.6 is 23.2 Å².